The normalized spacial score (nSPS) is 21.0. The Morgan fingerprint density at radius 2 is 1.86 bits per heavy atom. The van der Waals surface area contributed by atoms with Crippen molar-refractivity contribution in [1.82, 2.24) is 15.1 Å². The molecule has 2 fully saturated rings. The lowest BCUT2D eigenvalue weighted by atomic mass is 10.1. The van der Waals surface area contributed by atoms with Crippen molar-refractivity contribution in [2.75, 3.05) is 45.9 Å². The molecule has 0 aromatic heterocycles. The van der Waals surface area contributed by atoms with E-state index in [-0.39, 0.29) is 37.2 Å². The molecule has 0 saturated carbocycles. The van der Waals surface area contributed by atoms with E-state index in [9.17, 15) is 22.8 Å². The SMILES string of the molecule is O=C(CN1CCN(C(=O)c2ccccc2C(F)(F)F)CC1)NCC1CCCO1. The van der Waals surface area contributed by atoms with Gasteiger partial charge in [-0.3, -0.25) is 14.5 Å². The molecule has 1 unspecified atom stereocenters. The Balaban J connectivity index is 1.48. The van der Waals surface area contributed by atoms with Gasteiger partial charge in [-0.15, -0.1) is 0 Å². The van der Waals surface area contributed by atoms with Crippen LogP contribution >= 0.6 is 0 Å². The highest BCUT2D eigenvalue weighted by molar-refractivity contribution is 5.96. The summed E-state index contributed by atoms with van der Waals surface area (Å²) in [7, 11) is 0. The number of carbonyl (C=O) groups is 2. The van der Waals surface area contributed by atoms with Crippen molar-refractivity contribution in [3.63, 3.8) is 0 Å². The molecule has 3 rings (SSSR count). The first-order valence-corrected chi connectivity index (χ1v) is 9.41. The summed E-state index contributed by atoms with van der Waals surface area (Å²) < 4.78 is 44.9. The molecule has 9 heteroatoms. The van der Waals surface area contributed by atoms with Gasteiger partial charge in [-0.2, -0.15) is 13.2 Å². The fourth-order valence-corrected chi connectivity index (χ4v) is 3.49. The van der Waals surface area contributed by atoms with Gasteiger partial charge in [0.1, 0.15) is 0 Å². The molecule has 1 atom stereocenters. The molecule has 28 heavy (non-hydrogen) atoms. The van der Waals surface area contributed by atoms with Crippen molar-refractivity contribution in [2.45, 2.75) is 25.1 Å². The zero-order valence-corrected chi connectivity index (χ0v) is 15.5. The first-order valence-electron chi connectivity index (χ1n) is 9.41. The molecule has 1 aromatic carbocycles. The molecule has 0 bridgehead atoms. The minimum Gasteiger partial charge on any atom is -0.376 e. The number of amides is 2. The fourth-order valence-electron chi connectivity index (χ4n) is 3.49. The summed E-state index contributed by atoms with van der Waals surface area (Å²) in [6, 6.07) is 4.82. The predicted octanol–water partition coefficient (Wildman–Crippen LogP) is 1.76. The second kappa shape index (κ2) is 8.91. The van der Waals surface area contributed by atoms with Crippen molar-refractivity contribution in [1.29, 1.82) is 0 Å². The average Bonchev–Trinajstić information content (AvgIpc) is 3.19. The van der Waals surface area contributed by atoms with Crippen LogP contribution in [0.15, 0.2) is 24.3 Å². The van der Waals surface area contributed by atoms with Crippen molar-refractivity contribution in [2.24, 2.45) is 0 Å². The standard InChI is InChI=1S/C19H24F3N3O3/c20-19(21,22)16-6-2-1-5-15(16)18(27)25-9-7-24(8-10-25)13-17(26)23-12-14-4-3-11-28-14/h1-2,5-6,14H,3-4,7-13H2,(H,23,26). The zero-order valence-electron chi connectivity index (χ0n) is 15.5. The molecule has 1 N–H and O–H groups in total. The lowest BCUT2D eigenvalue weighted by Crippen LogP contribution is -2.51. The smallest absolute Gasteiger partial charge is 0.376 e. The second-order valence-electron chi connectivity index (χ2n) is 7.05. The number of piperazine rings is 1. The maximum atomic E-state index is 13.1. The predicted molar refractivity (Wildman–Crippen MR) is 95.8 cm³/mol. The Labute approximate surface area is 161 Å². The van der Waals surface area contributed by atoms with Crippen molar-refractivity contribution in [3.8, 4) is 0 Å². The van der Waals surface area contributed by atoms with Crippen LogP contribution in [0.2, 0.25) is 0 Å². The average molecular weight is 399 g/mol. The monoisotopic (exact) mass is 399 g/mol. The summed E-state index contributed by atoms with van der Waals surface area (Å²) in [5, 5.41) is 2.84. The number of carbonyl (C=O) groups excluding carboxylic acids is 2. The summed E-state index contributed by atoms with van der Waals surface area (Å²) in [4.78, 5) is 27.9. The topological polar surface area (TPSA) is 61.9 Å². The number of rotatable bonds is 5. The minimum atomic E-state index is -4.57. The van der Waals surface area contributed by atoms with E-state index in [0.717, 1.165) is 25.5 Å². The molecule has 2 amide bonds. The maximum absolute atomic E-state index is 13.1. The van der Waals surface area contributed by atoms with Crippen LogP contribution in [-0.4, -0.2) is 73.6 Å². The lowest BCUT2D eigenvalue weighted by molar-refractivity contribution is -0.138. The Morgan fingerprint density at radius 1 is 1.14 bits per heavy atom. The van der Waals surface area contributed by atoms with Gasteiger partial charge < -0.3 is 15.0 Å². The van der Waals surface area contributed by atoms with Gasteiger partial charge in [0.2, 0.25) is 5.91 Å². The van der Waals surface area contributed by atoms with Gasteiger partial charge in [0.25, 0.3) is 5.91 Å². The van der Waals surface area contributed by atoms with Crippen molar-refractivity contribution in [3.05, 3.63) is 35.4 Å². The van der Waals surface area contributed by atoms with Crippen LogP contribution in [0.3, 0.4) is 0 Å². The Bertz CT molecular complexity index is 697. The quantitative estimate of drug-likeness (QED) is 0.820. The van der Waals surface area contributed by atoms with Gasteiger partial charge in [-0.1, -0.05) is 12.1 Å². The van der Waals surface area contributed by atoms with Gasteiger partial charge in [0.05, 0.1) is 23.8 Å². The number of alkyl halides is 3. The van der Waals surface area contributed by atoms with E-state index in [2.05, 4.69) is 5.32 Å². The molecule has 0 spiro atoms. The Kier molecular flexibility index (Phi) is 6.56. The van der Waals surface area contributed by atoms with Gasteiger partial charge in [0, 0.05) is 39.3 Å². The highest BCUT2D eigenvalue weighted by Gasteiger charge is 2.36. The first-order chi connectivity index (χ1) is 13.3. The van der Waals surface area contributed by atoms with Crippen LogP contribution in [0, 0.1) is 0 Å². The van der Waals surface area contributed by atoms with Crippen LogP contribution in [-0.2, 0) is 15.7 Å². The number of halogens is 3. The summed E-state index contributed by atoms with van der Waals surface area (Å²) in [6.45, 7) is 2.86. The van der Waals surface area contributed by atoms with Crippen LogP contribution in [0.1, 0.15) is 28.8 Å². The van der Waals surface area contributed by atoms with E-state index in [1.54, 1.807) is 0 Å². The summed E-state index contributed by atoms with van der Waals surface area (Å²) >= 11 is 0. The van der Waals surface area contributed by atoms with E-state index in [1.807, 2.05) is 4.90 Å². The number of nitrogens with zero attached hydrogens (tertiary/aromatic N) is 2. The summed E-state index contributed by atoms with van der Waals surface area (Å²) in [5.41, 5.74) is -1.26. The number of hydrogen-bond donors (Lipinski definition) is 1. The molecule has 0 aliphatic carbocycles. The molecule has 2 heterocycles. The number of ether oxygens (including phenoxy) is 1. The van der Waals surface area contributed by atoms with E-state index in [0.29, 0.717) is 19.6 Å². The van der Waals surface area contributed by atoms with E-state index >= 15 is 0 Å². The molecular formula is C19H24F3N3O3. The largest absolute Gasteiger partial charge is 0.417 e. The molecular weight excluding hydrogens is 375 g/mol. The number of hydrogen-bond acceptors (Lipinski definition) is 4. The lowest BCUT2D eigenvalue weighted by Gasteiger charge is -2.34. The van der Waals surface area contributed by atoms with Crippen LogP contribution in [0.25, 0.3) is 0 Å². The molecule has 2 saturated heterocycles. The van der Waals surface area contributed by atoms with E-state index < -0.39 is 17.6 Å². The third-order valence-electron chi connectivity index (χ3n) is 5.04. The van der Waals surface area contributed by atoms with Gasteiger partial charge in [-0.25, -0.2) is 0 Å². The molecule has 0 radical (unpaired) electrons. The Morgan fingerprint density at radius 3 is 2.50 bits per heavy atom. The van der Waals surface area contributed by atoms with E-state index in [4.69, 9.17) is 4.74 Å². The van der Waals surface area contributed by atoms with Gasteiger partial charge >= 0.3 is 6.18 Å². The summed E-state index contributed by atoms with van der Waals surface area (Å²) in [5.74, 6) is -0.742. The molecule has 154 valence electrons. The molecule has 2 aliphatic heterocycles. The highest BCUT2D eigenvalue weighted by Crippen LogP contribution is 2.32. The van der Waals surface area contributed by atoms with Gasteiger partial charge in [-0.05, 0) is 25.0 Å². The zero-order chi connectivity index (χ0) is 20.1. The maximum Gasteiger partial charge on any atom is 0.417 e. The molecule has 1 aromatic rings. The minimum absolute atomic E-state index is 0.0760. The number of nitrogens with one attached hydrogen (secondary N) is 1. The van der Waals surface area contributed by atoms with Crippen LogP contribution < -0.4 is 5.32 Å². The highest BCUT2D eigenvalue weighted by atomic mass is 19.4. The number of benzene rings is 1. The molecule has 6 nitrogen and oxygen atoms in total. The van der Waals surface area contributed by atoms with Crippen LogP contribution in [0.5, 0.6) is 0 Å². The van der Waals surface area contributed by atoms with Crippen molar-refractivity contribution < 1.29 is 27.5 Å². The van der Waals surface area contributed by atoms with Crippen LogP contribution in [0.4, 0.5) is 13.2 Å². The van der Waals surface area contributed by atoms with Crippen molar-refractivity contribution >= 4 is 11.8 Å². The van der Waals surface area contributed by atoms with E-state index in [1.165, 1.54) is 23.1 Å². The second-order valence-corrected chi connectivity index (χ2v) is 7.05. The fraction of sp³-hybridized carbons (Fsp3) is 0.579. The summed E-state index contributed by atoms with van der Waals surface area (Å²) in [6.07, 6.45) is -2.55. The molecule has 2 aliphatic rings. The van der Waals surface area contributed by atoms with Gasteiger partial charge in [0.15, 0.2) is 0 Å². The third kappa shape index (κ3) is 5.23. The first kappa shape index (κ1) is 20.6. The Hall–Kier alpha value is -2.13. The third-order valence-corrected chi connectivity index (χ3v) is 5.04.